The monoisotopic (exact) mass is 489 g/mol. The van der Waals surface area contributed by atoms with Gasteiger partial charge in [0.15, 0.2) is 0 Å². The Morgan fingerprint density at radius 2 is 1.74 bits per heavy atom. The van der Waals surface area contributed by atoms with Crippen molar-refractivity contribution in [1.29, 1.82) is 0 Å². The van der Waals surface area contributed by atoms with E-state index in [2.05, 4.69) is 5.32 Å². The maximum Gasteiger partial charge on any atom is 0.244 e. The molecule has 0 fully saturated rings. The van der Waals surface area contributed by atoms with Crippen LogP contribution in [0.3, 0.4) is 0 Å². The average molecular weight is 490 g/mol. The van der Waals surface area contributed by atoms with Gasteiger partial charge >= 0.3 is 0 Å². The number of nitrogens with one attached hydrogen (secondary N) is 1. The molecule has 0 bridgehead atoms. The molecule has 9 heteroatoms. The third kappa shape index (κ3) is 7.48. The van der Waals surface area contributed by atoms with E-state index >= 15 is 0 Å². The molecule has 2 amide bonds. The zero-order chi connectivity index (χ0) is 25.3. The Morgan fingerprint density at radius 3 is 2.29 bits per heavy atom. The van der Waals surface area contributed by atoms with Crippen LogP contribution >= 0.6 is 0 Å². The molecule has 1 unspecified atom stereocenters. The van der Waals surface area contributed by atoms with Crippen LogP contribution in [0.4, 0.5) is 5.69 Å². The van der Waals surface area contributed by atoms with Crippen molar-refractivity contribution >= 4 is 27.5 Å². The van der Waals surface area contributed by atoms with Gasteiger partial charge in [-0.05, 0) is 49.6 Å². The quantitative estimate of drug-likeness (QED) is 0.462. The number of carbonyl (C=O) groups excluding carboxylic acids is 2. The van der Waals surface area contributed by atoms with Gasteiger partial charge in [-0.25, -0.2) is 8.42 Å². The van der Waals surface area contributed by atoms with E-state index in [0.29, 0.717) is 18.0 Å². The molecule has 0 radical (unpaired) electrons. The maximum absolute atomic E-state index is 13.5. The van der Waals surface area contributed by atoms with Gasteiger partial charge in [0.2, 0.25) is 21.8 Å². The van der Waals surface area contributed by atoms with Crippen LogP contribution in [0.2, 0.25) is 0 Å². The molecule has 0 aliphatic carbocycles. The van der Waals surface area contributed by atoms with E-state index in [1.165, 1.54) is 4.90 Å². The van der Waals surface area contributed by atoms with Crippen molar-refractivity contribution in [2.75, 3.05) is 30.8 Å². The number of sulfonamides is 1. The highest BCUT2D eigenvalue weighted by atomic mass is 32.2. The van der Waals surface area contributed by atoms with Crippen molar-refractivity contribution in [1.82, 2.24) is 10.2 Å². The first-order chi connectivity index (χ1) is 16.1. The van der Waals surface area contributed by atoms with Gasteiger partial charge in [0.1, 0.15) is 18.3 Å². The molecule has 8 nitrogen and oxygen atoms in total. The first-order valence-corrected chi connectivity index (χ1v) is 13.2. The van der Waals surface area contributed by atoms with Crippen molar-refractivity contribution in [2.24, 2.45) is 0 Å². The molecule has 1 N–H and O–H groups in total. The molecular formula is C25H35N3O5S. The highest BCUT2D eigenvalue weighted by Crippen LogP contribution is 2.23. The summed E-state index contributed by atoms with van der Waals surface area (Å²) in [5, 5.41) is 2.86. The molecule has 0 aromatic heterocycles. The standard InChI is InChI=1S/C25H35N3O5S/c1-6-7-16-26-25(30)20(3)27(17-21-12-14-22(33-4)15-13-21)24(29)18-28(34(5,31)32)23-11-9-8-10-19(23)2/h8-15,20H,6-7,16-18H2,1-5H3,(H,26,30). The number of benzene rings is 2. The number of carbonyl (C=O) groups is 2. The Morgan fingerprint density at radius 1 is 1.09 bits per heavy atom. The largest absolute Gasteiger partial charge is 0.497 e. The first-order valence-electron chi connectivity index (χ1n) is 11.3. The third-order valence-electron chi connectivity index (χ3n) is 5.57. The summed E-state index contributed by atoms with van der Waals surface area (Å²) in [4.78, 5) is 27.7. The lowest BCUT2D eigenvalue weighted by Gasteiger charge is -2.32. The predicted octanol–water partition coefficient (Wildman–Crippen LogP) is 3.10. The number of anilines is 1. The second-order valence-electron chi connectivity index (χ2n) is 8.25. The topological polar surface area (TPSA) is 96.0 Å². The molecule has 186 valence electrons. The van der Waals surface area contributed by atoms with Crippen LogP contribution in [-0.2, 0) is 26.2 Å². The second kappa shape index (κ2) is 12.4. The number of hydrogen-bond acceptors (Lipinski definition) is 5. The molecule has 1 atom stereocenters. The lowest BCUT2D eigenvalue weighted by atomic mass is 10.1. The number of methoxy groups -OCH3 is 1. The van der Waals surface area contributed by atoms with E-state index in [4.69, 9.17) is 4.74 Å². The number of nitrogens with zero attached hydrogens (tertiary/aromatic N) is 2. The highest BCUT2D eigenvalue weighted by molar-refractivity contribution is 7.92. The smallest absolute Gasteiger partial charge is 0.244 e. The van der Waals surface area contributed by atoms with E-state index in [1.807, 2.05) is 19.1 Å². The van der Waals surface area contributed by atoms with Crippen LogP contribution in [0, 0.1) is 6.92 Å². The summed E-state index contributed by atoms with van der Waals surface area (Å²) >= 11 is 0. The van der Waals surface area contributed by atoms with Gasteiger partial charge < -0.3 is 15.0 Å². The summed E-state index contributed by atoms with van der Waals surface area (Å²) in [6.07, 6.45) is 2.84. The van der Waals surface area contributed by atoms with Crippen LogP contribution in [0.5, 0.6) is 5.75 Å². The van der Waals surface area contributed by atoms with Gasteiger partial charge in [0.05, 0.1) is 19.1 Å². The summed E-state index contributed by atoms with van der Waals surface area (Å²) in [5.41, 5.74) is 1.96. The average Bonchev–Trinajstić information content (AvgIpc) is 2.80. The van der Waals surface area contributed by atoms with E-state index in [1.54, 1.807) is 57.4 Å². The van der Waals surface area contributed by atoms with Crippen molar-refractivity contribution in [3.8, 4) is 5.75 Å². The number of rotatable bonds is 12. The molecule has 0 spiro atoms. The second-order valence-corrected chi connectivity index (χ2v) is 10.2. The molecule has 2 rings (SSSR count). The Kier molecular flexibility index (Phi) is 9.92. The van der Waals surface area contributed by atoms with Crippen LogP contribution in [0.25, 0.3) is 0 Å². The van der Waals surface area contributed by atoms with Gasteiger partial charge in [0.25, 0.3) is 0 Å². The molecule has 2 aromatic carbocycles. The maximum atomic E-state index is 13.5. The van der Waals surface area contributed by atoms with Gasteiger partial charge in [0, 0.05) is 13.1 Å². The molecule has 0 aliphatic rings. The van der Waals surface area contributed by atoms with E-state index in [-0.39, 0.29) is 12.5 Å². The number of ether oxygens (including phenoxy) is 1. The molecule has 0 aliphatic heterocycles. The summed E-state index contributed by atoms with van der Waals surface area (Å²) in [6.45, 7) is 5.73. The number of unbranched alkanes of at least 4 members (excludes halogenated alkanes) is 1. The SMILES string of the molecule is CCCCNC(=O)C(C)N(Cc1ccc(OC)cc1)C(=O)CN(c1ccccc1C)S(C)(=O)=O. The molecule has 0 heterocycles. The minimum atomic E-state index is -3.75. The Balaban J connectivity index is 2.35. The van der Waals surface area contributed by atoms with Gasteiger partial charge in [-0.15, -0.1) is 0 Å². The lowest BCUT2D eigenvalue weighted by Crippen LogP contribution is -2.51. The minimum absolute atomic E-state index is 0.149. The molecular weight excluding hydrogens is 454 g/mol. The highest BCUT2D eigenvalue weighted by Gasteiger charge is 2.30. The van der Waals surface area contributed by atoms with Crippen LogP contribution in [0.15, 0.2) is 48.5 Å². The van der Waals surface area contributed by atoms with Crippen molar-refractivity contribution in [2.45, 2.75) is 46.2 Å². The van der Waals surface area contributed by atoms with Crippen molar-refractivity contribution in [3.05, 3.63) is 59.7 Å². The molecule has 0 saturated heterocycles. The van der Waals surface area contributed by atoms with Crippen LogP contribution < -0.4 is 14.4 Å². The number of amides is 2. The predicted molar refractivity (Wildman–Crippen MR) is 134 cm³/mol. The van der Waals surface area contributed by atoms with E-state index < -0.39 is 28.5 Å². The number of hydrogen-bond donors (Lipinski definition) is 1. The fourth-order valence-corrected chi connectivity index (χ4v) is 4.39. The Bertz CT molecular complexity index is 1070. The number of aryl methyl sites for hydroxylation is 1. The zero-order valence-electron chi connectivity index (χ0n) is 20.6. The van der Waals surface area contributed by atoms with Crippen molar-refractivity contribution < 1.29 is 22.7 Å². The van der Waals surface area contributed by atoms with E-state index in [9.17, 15) is 18.0 Å². The molecule has 0 saturated carbocycles. The molecule has 34 heavy (non-hydrogen) atoms. The third-order valence-corrected chi connectivity index (χ3v) is 6.70. The summed E-state index contributed by atoms with van der Waals surface area (Å²) in [5.74, 6) is -0.0745. The zero-order valence-corrected chi connectivity index (χ0v) is 21.4. The van der Waals surface area contributed by atoms with Crippen LogP contribution in [-0.4, -0.2) is 57.6 Å². The summed E-state index contributed by atoms with van der Waals surface area (Å²) < 4.78 is 31.5. The van der Waals surface area contributed by atoms with Gasteiger partial charge in [-0.3, -0.25) is 13.9 Å². The van der Waals surface area contributed by atoms with Gasteiger partial charge in [-0.1, -0.05) is 43.7 Å². The Hall–Kier alpha value is -3.07. The summed E-state index contributed by atoms with van der Waals surface area (Å²) in [7, 11) is -2.18. The van der Waals surface area contributed by atoms with Gasteiger partial charge in [-0.2, -0.15) is 0 Å². The Labute approximate surface area is 202 Å². The number of para-hydroxylation sites is 1. The fourth-order valence-electron chi connectivity index (χ4n) is 3.48. The normalized spacial score (nSPS) is 12.0. The molecule has 2 aromatic rings. The van der Waals surface area contributed by atoms with Crippen LogP contribution in [0.1, 0.15) is 37.8 Å². The van der Waals surface area contributed by atoms with E-state index in [0.717, 1.165) is 34.5 Å². The fraction of sp³-hybridized carbons (Fsp3) is 0.440. The lowest BCUT2D eigenvalue weighted by molar-refractivity contribution is -0.139. The minimum Gasteiger partial charge on any atom is -0.497 e. The summed E-state index contributed by atoms with van der Waals surface area (Å²) in [6, 6.07) is 13.4. The van der Waals surface area contributed by atoms with Crippen molar-refractivity contribution in [3.63, 3.8) is 0 Å². The first kappa shape index (κ1) is 27.2.